The van der Waals surface area contributed by atoms with E-state index in [1.807, 2.05) is 24.3 Å². The number of rotatable bonds is 2. The summed E-state index contributed by atoms with van der Waals surface area (Å²) in [4.78, 5) is 27.1. The second-order valence-corrected chi connectivity index (χ2v) is 4.97. The van der Waals surface area contributed by atoms with Crippen molar-refractivity contribution >= 4 is 55.0 Å². The number of alkyl halides is 2. The third kappa shape index (κ3) is 2.44. The lowest BCUT2D eigenvalue weighted by Gasteiger charge is -2.36. The fourth-order valence-electron chi connectivity index (χ4n) is 2.02. The molecule has 0 bridgehead atoms. The summed E-state index contributed by atoms with van der Waals surface area (Å²) in [5, 5.41) is 0.571. The molecule has 0 aromatic heterocycles. The first kappa shape index (κ1) is 13.5. The minimum atomic E-state index is 0.00777. The van der Waals surface area contributed by atoms with Crippen molar-refractivity contribution in [1.29, 1.82) is 0 Å². The predicted octanol–water partition coefficient (Wildman–Crippen LogP) is 2.16. The Kier molecular flexibility index (Phi) is 4.40. The zero-order valence-corrected chi connectivity index (χ0v) is 12.8. The molecular weight excluding hydrogens is 364 g/mol. The molecular formula is C12H12Br2N2O2. The molecule has 0 N–H and O–H groups in total. The lowest BCUT2D eigenvalue weighted by atomic mass is 10.1. The second kappa shape index (κ2) is 5.84. The van der Waals surface area contributed by atoms with Crippen LogP contribution in [-0.4, -0.2) is 35.6 Å². The number of fused-ring (bicyclic) bond motifs is 1. The zero-order valence-electron chi connectivity index (χ0n) is 9.60. The number of benzene rings is 1. The minimum Gasteiger partial charge on any atom is -0.308 e. The average Bonchev–Trinajstić information content (AvgIpc) is 2.44. The van der Waals surface area contributed by atoms with E-state index in [1.54, 1.807) is 9.80 Å². The fraction of sp³-hybridized carbons (Fsp3) is 0.333. The Morgan fingerprint density at radius 2 is 1.33 bits per heavy atom. The number of halogens is 2. The first-order valence-corrected chi connectivity index (χ1v) is 7.75. The molecule has 0 saturated carbocycles. The smallest absolute Gasteiger partial charge is 0.237 e. The van der Waals surface area contributed by atoms with Crippen LogP contribution in [0, 0.1) is 0 Å². The first-order chi connectivity index (χ1) is 8.69. The highest BCUT2D eigenvalue weighted by Crippen LogP contribution is 2.33. The predicted molar refractivity (Wildman–Crippen MR) is 78.7 cm³/mol. The topological polar surface area (TPSA) is 40.6 Å². The van der Waals surface area contributed by atoms with E-state index in [1.165, 1.54) is 0 Å². The molecule has 0 saturated heterocycles. The standard InChI is InChI=1S/C12H12Br2N2O2/c13-7-11(17)15-5-6-16(12(18)8-14)10-4-2-1-3-9(10)15/h1-4H,5-8H2. The summed E-state index contributed by atoms with van der Waals surface area (Å²) >= 11 is 6.36. The van der Waals surface area contributed by atoms with Gasteiger partial charge in [0, 0.05) is 13.1 Å². The Labute approximate surface area is 122 Å². The van der Waals surface area contributed by atoms with Gasteiger partial charge in [0.05, 0.1) is 22.0 Å². The van der Waals surface area contributed by atoms with Crippen LogP contribution in [0.25, 0.3) is 0 Å². The molecule has 0 aliphatic carbocycles. The van der Waals surface area contributed by atoms with Crippen molar-refractivity contribution in [2.75, 3.05) is 33.5 Å². The van der Waals surface area contributed by atoms with E-state index in [0.717, 1.165) is 11.4 Å². The van der Waals surface area contributed by atoms with E-state index in [-0.39, 0.29) is 22.5 Å². The number of hydrogen-bond donors (Lipinski definition) is 0. The molecule has 0 radical (unpaired) electrons. The van der Waals surface area contributed by atoms with Gasteiger partial charge in [-0.05, 0) is 12.1 Å². The number of amides is 2. The molecule has 4 nitrogen and oxygen atoms in total. The highest BCUT2D eigenvalue weighted by atomic mass is 79.9. The van der Waals surface area contributed by atoms with E-state index in [9.17, 15) is 9.59 Å². The summed E-state index contributed by atoms with van der Waals surface area (Å²) in [6.07, 6.45) is 0. The van der Waals surface area contributed by atoms with Crippen molar-refractivity contribution in [3.63, 3.8) is 0 Å². The van der Waals surface area contributed by atoms with Crippen LogP contribution in [-0.2, 0) is 9.59 Å². The van der Waals surface area contributed by atoms with Gasteiger partial charge in [0.1, 0.15) is 0 Å². The van der Waals surface area contributed by atoms with E-state index in [4.69, 9.17) is 0 Å². The number of carbonyl (C=O) groups excluding carboxylic acids is 2. The lowest BCUT2D eigenvalue weighted by Crippen LogP contribution is -2.47. The van der Waals surface area contributed by atoms with Crippen LogP contribution < -0.4 is 9.80 Å². The van der Waals surface area contributed by atoms with Crippen LogP contribution in [0.15, 0.2) is 24.3 Å². The van der Waals surface area contributed by atoms with Gasteiger partial charge in [-0.15, -0.1) is 0 Å². The van der Waals surface area contributed by atoms with Crippen molar-refractivity contribution in [1.82, 2.24) is 0 Å². The summed E-state index contributed by atoms with van der Waals surface area (Å²) in [5.41, 5.74) is 1.59. The van der Waals surface area contributed by atoms with Crippen LogP contribution in [0.4, 0.5) is 11.4 Å². The molecule has 2 rings (SSSR count). The third-order valence-electron chi connectivity index (χ3n) is 2.84. The minimum absolute atomic E-state index is 0.00777. The van der Waals surface area contributed by atoms with Crippen molar-refractivity contribution < 1.29 is 9.59 Å². The molecule has 1 aliphatic rings. The summed E-state index contributed by atoms with van der Waals surface area (Å²) < 4.78 is 0. The van der Waals surface area contributed by atoms with E-state index in [2.05, 4.69) is 31.9 Å². The molecule has 1 aromatic carbocycles. The fourth-order valence-corrected chi connectivity index (χ4v) is 2.63. The second-order valence-electron chi connectivity index (χ2n) is 3.85. The number of carbonyl (C=O) groups is 2. The molecule has 1 aromatic rings. The van der Waals surface area contributed by atoms with E-state index < -0.39 is 0 Å². The maximum atomic E-state index is 11.8. The Morgan fingerprint density at radius 1 is 0.944 bits per heavy atom. The van der Waals surface area contributed by atoms with Crippen molar-refractivity contribution in [3.05, 3.63) is 24.3 Å². The molecule has 18 heavy (non-hydrogen) atoms. The van der Waals surface area contributed by atoms with Crippen LogP contribution in [0.3, 0.4) is 0 Å². The van der Waals surface area contributed by atoms with Crippen molar-refractivity contribution in [3.8, 4) is 0 Å². The van der Waals surface area contributed by atoms with Gasteiger partial charge in [0.2, 0.25) is 11.8 Å². The number of anilines is 2. The zero-order chi connectivity index (χ0) is 13.1. The van der Waals surface area contributed by atoms with Gasteiger partial charge < -0.3 is 9.80 Å². The van der Waals surface area contributed by atoms with Crippen molar-refractivity contribution in [2.24, 2.45) is 0 Å². The molecule has 96 valence electrons. The molecule has 1 aliphatic heterocycles. The van der Waals surface area contributed by atoms with Gasteiger partial charge in [-0.25, -0.2) is 0 Å². The van der Waals surface area contributed by atoms with Crippen LogP contribution in [0.5, 0.6) is 0 Å². The third-order valence-corrected chi connectivity index (χ3v) is 3.80. The Hall–Kier alpha value is -0.880. The van der Waals surface area contributed by atoms with Crippen LogP contribution >= 0.6 is 31.9 Å². The quantitative estimate of drug-likeness (QED) is 0.743. The first-order valence-electron chi connectivity index (χ1n) is 5.50. The SMILES string of the molecule is O=C(CBr)N1CCN(C(=O)CBr)c2ccccc21. The molecule has 0 atom stereocenters. The lowest BCUT2D eigenvalue weighted by molar-refractivity contribution is -0.117. The van der Waals surface area contributed by atoms with Gasteiger partial charge in [0.25, 0.3) is 0 Å². The Balaban J connectivity index is 2.40. The van der Waals surface area contributed by atoms with Gasteiger partial charge in [-0.1, -0.05) is 44.0 Å². The summed E-state index contributed by atoms with van der Waals surface area (Å²) in [6.45, 7) is 1.06. The highest BCUT2D eigenvalue weighted by Gasteiger charge is 2.28. The van der Waals surface area contributed by atoms with E-state index in [0.29, 0.717) is 13.1 Å². The molecule has 1 heterocycles. The normalized spacial score (nSPS) is 14.3. The summed E-state index contributed by atoms with van der Waals surface area (Å²) in [6, 6.07) is 7.47. The monoisotopic (exact) mass is 374 g/mol. The highest BCUT2D eigenvalue weighted by molar-refractivity contribution is 9.09. The van der Waals surface area contributed by atoms with Gasteiger partial charge in [-0.3, -0.25) is 9.59 Å². The number of para-hydroxylation sites is 2. The summed E-state index contributed by atoms with van der Waals surface area (Å²) in [5.74, 6) is 0.0155. The maximum absolute atomic E-state index is 11.8. The van der Waals surface area contributed by atoms with Gasteiger partial charge in [-0.2, -0.15) is 0 Å². The average molecular weight is 376 g/mol. The molecule has 2 amide bonds. The number of hydrogen-bond acceptors (Lipinski definition) is 2. The Bertz CT molecular complexity index is 436. The Morgan fingerprint density at radius 3 is 1.67 bits per heavy atom. The van der Waals surface area contributed by atoms with Crippen LogP contribution in [0.1, 0.15) is 0 Å². The van der Waals surface area contributed by atoms with Gasteiger partial charge >= 0.3 is 0 Å². The van der Waals surface area contributed by atoms with E-state index >= 15 is 0 Å². The molecule has 0 fully saturated rings. The largest absolute Gasteiger partial charge is 0.308 e. The molecule has 6 heteroatoms. The van der Waals surface area contributed by atoms with Gasteiger partial charge in [0.15, 0.2) is 0 Å². The molecule has 0 unspecified atom stereocenters. The maximum Gasteiger partial charge on any atom is 0.237 e. The van der Waals surface area contributed by atoms with Crippen LogP contribution in [0.2, 0.25) is 0 Å². The van der Waals surface area contributed by atoms with Crippen molar-refractivity contribution in [2.45, 2.75) is 0 Å². The summed E-state index contributed by atoms with van der Waals surface area (Å²) in [7, 11) is 0. The molecule has 0 spiro atoms. The number of nitrogens with zero attached hydrogens (tertiary/aromatic N) is 2.